The van der Waals surface area contributed by atoms with E-state index in [1.165, 1.54) is 0 Å². The zero-order chi connectivity index (χ0) is 6.41. The van der Waals surface area contributed by atoms with Crippen LogP contribution in [0.5, 0.6) is 0 Å². The SMILES string of the molecule is CCC(C)OC#CO. The Labute approximate surface area is 49.5 Å². The first kappa shape index (κ1) is 7.16. The molecule has 0 spiro atoms. The summed E-state index contributed by atoms with van der Waals surface area (Å²) in [4.78, 5) is 0. The molecule has 0 rings (SSSR count). The minimum absolute atomic E-state index is 0.120. The molecule has 0 amide bonds. The average molecular weight is 114 g/mol. The number of aliphatic hydroxyl groups is 1. The van der Waals surface area contributed by atoms with Crippen LogP contribution in [-0.2, 0) is 4.74 Å². The summed E-state index contributed by atoms with van der Waals surface area (Å²) in [7, 11) is 0. The number of aliphatic hydroxyl groups excluding tert-OH is 1. The summed E-state index contributed by atoms with van der Waals surface area (Å²) in [5.41, 5.74) is 0. The second-order valence-electron chi connectivity index (χ2n) is 1.55. The van der Waals surface area contributed by atoms with Gasteiger partial charge in [0.05, 0.1) is 0 Å². The third-order valence-corrected chi connectivity index (χ3v) is 0.881. The monoisotopic (exact) mass is 114 g/mol. The van der Waals surface area contributed by atoms with Gasteiger partial charge >= 0.3 is 0 Å². The smallest absolute Gasteiger partial charge is 0.155 e. The summed E-state index contributed by atoms with van der Waals surface area (Å²) in [6.45, 7) is 3.88. The Balaban J connectivity index is 3.19. The van der Waals surface area contributed by atoms with Gasteiger partial charge in [0, 0.05) is 0 Å². The summed E-state index contributed by atoms with van der Waals surface area (Å²) in [5.74, 6) is 0. The van der Waals surface area contributed by atoms with E-state index in [4.69, 9.17) is 9.84 Å². The molecular formula is C6H10O2. The summed E-state index contributed by atoms with van der Waals surface area (Å²) < 4.78 is 4.73. The molecule has 0 aromatic carbocycles. The van der Waals surface area contributed by atoms with E-state index in [1.807, 2.05) is 13.8 Å². The van der Waals surface area contributed by atoms with Crippen LogP contribution >= 0.6 is 0 Å². The Morgan fingerprint density at radius 3 is 2.75 bits per heavy atom. The maximum absolute atomic E-state index is 7.92. The van der Waals surface area contributed by atoms with Crippen LogP contribution in [0.1, 0.15) is 20.3 Å². The normalized spacial score (nSPS) is 11.2. The number of hydrogen-bond donors (Lipinski definition) is 1. The fourth-order valence-corrected chi connectivity index (χ4v) is 0.210. The zero-order valence-electron chi connectivity index (χ0n) is 5.14. The molecule has 2 nitrogen and oxygen atoms in total. The Hall–Kier alpha value is -0.840. The fraction of sp³-hybridized carbons (Fsp3) is 0.667. The molecular weight excluding hydrogens is 104 g/mol. The first-order valence-corrected chi connectivity index (χ1v) is 2.61. The van der Waals surface area contributed by atoms with Crippen LogP contribution in [0.25, 0.3) is 0 Å². The van der Waals surface area contributed by atoms with Crippen molar-refractivity contribution in [3.05, 3.63) is 0 Å². The van der Waals surface area contributed by atoms with Crippen LogP contribution in [0.2, 0.25) is 0 Å². The van der Waals surface area contributed by atoms with E-state index in [0.29, 0.717) is 0 Å². The lowest BCUT2D eigenvalue weighted by molar-refractivity contribution is 0.178. The largest absolute Gasteiger partial charge is 0.460 e. The van der Waals surface area contributed by atoms with Gasteiger partial charge in [-0.2, -0.15) is 0 Å². The third-order valence-electron chi connectivity index (χ3n) is 0.881. The second kappa shape index (κ2) is 4.32. The molecule has 0 aliphatic heterocycles. The Bertz CT molecular complexity index is 98.8. The lowest BCUT2D eigenvalue weighted by Gasteiger charge is -2.01. The van der Waals surface area contributed by atoms with Gasteiger partial charge in [-0.1, -0.05) is 6.92 Å². The molecule has 0 saturated carbocycles. The lowest BCUT2D eigenvalue weighted by atomic mass is 10.3. The highest BCUT2D eigenvalue weighted by molar-refractivity contribution is 4.78. The highest BCUT2D eigenvalue weighted by Crippen LogP contribution is 1.92. The average Bonchev–Trinajstić information content (AvgIpc) is 1.83. The lowest BCUT2D eigenvalue weighted by Crippen LogP contribution is -2.00. The van der Waals surface area contributed by atoms with Crippen LogP contribution in [0.3, 0.4) is 0 Å². The number of ether oxygens (including phenoxy) is 1. The summed E-state index contributed by atoms with van der Waals surface area (Å²) >= 11 is 0. The van der Waals surface area contributed by atoms with Gasteiger partial charge in [0.15, 0.2) is 12.2 Å². The Morgan fingerprint density at radius 1 is 1.75 bits per heavy atom. The van der Waals surface area contributed by atoms with Crippen LogP contribution in [0.4, 0.5) is 0 Å². The molecule has 0 heterocycles. The minimum atomic E-state index is 0.120. The third kappa shape index (κ3) is 3.35. The standard InChI is InChI=1S/C6H10O2/c1-3-6(2)8-5-4-7/h6-7H,3H2,1-2H3. The van der Waals surface area contributed by atoms with Crippen LogP contribution in [0.15, 0.2) is 0 Å². The number of hydrogen-bond acceptors (Lipinski definition) is 2. The molecule has 2 heteroatoms. The van der Waals surface area contributed by atoms with Crippen molar-refractivity contribution in [3.8, 4) is 12.2 Å². The van der Waals surface area contributed by atoms with Gasteiger partial charge in [-0.25, -0.2) is 0 Å². The van der Waals surface area contributed by atoms with Crippen LogP contribution in [-0.4, -0.2) is 11.2 Å². The molecule has 8 heavy (non-hydrogen) atoms. The second-order valence-corrected chi connectivity index (χ2v) is 1.55. The van der Waals surface area contributed by atoms with E-state index in [9.17, 15) is 0 Å². The summed E-state index contributed by atoms with van der Waals surface area (Å²) in [5, 5.41) is 7.92. The van der Waals surface area contributed by atoms with E-state index in [1.54, 1.807) is 6.11 Å². The topological polar surface area (TPSA) is 29.5 Å². The van der Waals surface area contributed by atoms with Crippen molar-refractivity contribution in [2.24, 2.45) is 0 Å². The van der Waals surface area contributed by atoms with Gasteiger partial charge < -0.3 is 9.84 Å². The maximum atomic E-state index is 7.92. The summed E-state index contributed by atoms with van der Waals surface area (Å²) in [6, 6.07) is 0. The van der Waals surface area contributed by atoms with Gasteiger partial charge in [0.25, 0.3) is 0 Å². The molecule has 1 atom stereocenters. The van der Waals surface area contributed by atoms with Gasteiger partial charge in [-0.3, -0.25) is 0 Å². The quantitative estimate of drug-likeness (QED) is 0.544. The predicted molar refractivity (Wildman–Crippen MR) is 30.5 cm³/mol. The van der Waals surface area contributed by atoms with E-state index in [0.717, 1.165) is 6.42 Å². The molecule has 0 bridgehead atoms. The molecule has 0 aromatic heterocycles. The first-order valence-electron chi connectivity index (χ1n) is 2.61. The van der Waals surface area contributed by atoms with Crippen LogP contribution in [0, 0.1) is 12.2 Å². The number of rotatable bonds is 2. The highest BCUT2D eigenvalue weighted by atomic mass is 16.5. The molecule has 0 fully saturated rings. The molecule has 46 valence electrons. The van der Waals surface area contributed by atoms with E-state index in [2.05, 4.69) is 6.11 Å². The molecule has 0 aliphatic rings. The summed E-state index contributed by atoms with van der Waals surface area (Å²) in [6.07, 6.45) is 4.80. The maximum Gasteiger partial charge on any atom is 0.155 e. The Morgan fingerprint density at radius 2 is 2.38 bits per heavy atom. The van der Waals surface area contributed by atoms with Gasteiger partial charge in [-0.15, -0.1) is 0 Å². The van der Waals surface area contributed by atoms with Crippen molar-refractivity contribution in [3.63, 3.8) is 0 Å². The van der Waals surface area contributed by atoms with Crippen molar-refractivity contribution in [2.45, 2.75) is 26.4 Å². The van der Waals surface area contributed by atoms with E-state index >= 15 is 0 Å². The van der Waals surface area contributed by atoms with Crippen molar-refractivity contribution in [1.29, 1.82) is 0 Å². The van der Waals surface area contributed by atoms with Gasteiger partial charge in [-0.05, 0) is 13.3 Å². The van der Waals surface area contributed by atoms with Crippen molar-refractivity contribution >= 4 is 0 Å². The first-order chi connectivity index (χ1) is 3.81. The van der Waals surface area contributed by atoms with Crippen molar-refractivity contribution < 1.29 is 9.84 Å². The van der Waals surface area contributed by atoms with Crippen molar-refractivity contribution in [1.82, 2.24) is 0 Å². The van der Waals surface area contributed by atoms with Crippen LogP contribution < -0.4 is 0 Å². The van der Waals surface area contributed by atoms with E-state index < -0.39 is 0 Å². The molecule has 0 radical (unpaired) electrons. The molecule has 1 N–H and O–H groups in total. The molecule has 0 saturated heterocycles. The van der Waals surface area contributed by atoms with Gasteiger partial charge in [0.1, 0.15) is 6.10 Å². The fourth-order valence-electron chi connectivity index (χ4n) is 0.210. The predicted octanol–water partition coefficient (Wildman–Crippen LogP) is 1.09. The van der Waals surface area contributed by atoms with E-state index in [-0.39, 0.29) is 6.10 Å². The molecule has 0 aromatic rings. The minimum Gasteiger partial charge on any atom is -0.460 e. The zero-order valence-corrected chi connectivity index (χ0v) is 5.14. The van der Waals surface area contributed by atoms with Gasteiger partial charge in [0.2, 0.25) is 0 Å². The Kier molecular flexibility index (Phi) is 3.87. The van der Waals surface area contributed by atoms with Crippen molar-refractivity contribution in [2.75, 3.05) is 0 Å². The highest BCUT2D eigenvalue weighted by Gasteiger charge is 1.92. The molecule has 0 aliphatic carbocycles. The molecule has 1 unspecified atom stereocenters.